The molecule has 0 bridgehead atoms. The highest BCUT2D eigenvalue weighted by molar-refractivity contribution is 7.99. The molecule has 0 aliphatic heterocycles. The Bertz CT molecular complexity index is 1100. The predicted octanol–water partition coefficient (Wildman–Crippen LogP) is 4.83. The van der Waals surface area contributed by atoms with E-state index >= 15 is 0 Å². The van der Waals surface area contributed by atoms with Crippen molar-refractivity contribution in [3.05, 3.63) is 72.0 Å². The normalized spacial score (nSPS) is 11.3. The van der Waals surface area contributed by atoms with Gasteiger partial charge in [0, 0.05) is 30.4 Å². The van der Waals surface area contributed by atoms with Gasteiger partial charge >= 0.3 is 0 Å². The van der Waals surface area contributed by atoms with Crippen LogP contribution in [0.4, 0.5) is 5.69 Å². The topological polar surface area (TPSA) is 59.8 Å². The number of carbonyl (C=O) groups is 1. The second kappa shape index (κ2) is 7.77. The predicted molar refractivity (Wildman–Crippen MR) is 111 cm³/mol. The van der Waals surface area contributed by atoms with E-state index in [0.29, 0.717) is 0 Å². The quantitative estimate of drug-likeness (QED) is 0.494. The van der Waals surface area contributed by atoms with Crippen molar-refractivity contribution >= 4 is 51.0 Å². The lowest BCUT2D eigenvalue weighted by Gasteiger charge is -2.09. The van der Waals surface area contributed by atoms with Crippen LogP contribution in [0.15, 0.2) is 77.1 Å². The van der Waals surface area contributed by atoms with Crippen molar-refractivity contribution in [3.63, 3.8) is 0 Å². The summed E-state index contributed by atoms with van der Waals surface area (Å²) in [6.07, 6.45) is 6.91. The highest BCUT2D eigenvalue weighted by Crippen LogP contribution is 2.32. The molecule has 0 spiro atoms. The molecule has 134 valence electrons. The van der Waals surface area contributed by atoms with Gasteiger partial charge in [0.25, 0.3) is 0 Å². The summed E-state index contributed by atoms with van der Waals surface area (Å²) < 4.78 is 3.05. The minimum atomic E-state index is -0.192. The Kier molecular flexibility index (Phi) is 5.04. The van der Waals surface area contributed by atoms with Gasteiger partial charge in [-0.25, -0.2) is 9.97 Å². The minimum absolute atomic E-state index is 0.192. The molecule has 5 nitrogen and oxygen atoms in total. The monoisotopic (exact) mass is 392 g/mol. The lowest BCUT2D eigenvalue weighted by molar-refractivity contribution is -0.111. The van der Waals surface area contributed by atoms with Gasteiger partial charge in [-0.05, 0) is 42.1 Å². The van der Waals surface area contributed by atoms with E-state index in [4.69, 9.17) is 0 Å². The van der Waals surface area contributed by atoms with Crippen LogP contribution in [0.2, 0.25) is 0 Å². The first-order valence-electron chi connectivity index (χ1n) is 8.28. The molecule has 1 N–H and O–H groups in total. The fourth-order valence-electron chi connectivity index (χ4n) is 2.49. The number of nitrogens with one attached hydrogen (secondary N) is 1. The third-order valence-corrected chi connectivity index (χ3v) is 5.96. The van der Waals surface area contributed by atoms with E-state index in [1.807, 2.05) is 66.3 Å². The molecule has 0 saturated heterocycles. The van der Waals surface area contributed by atoms with Crippen LogP contribution in [0.25, 0.3) is 16.3 Å². The second-order valence-electron chi connectivity index (χ2n) is 5.76. The maximum absolute atomic E-state index is 12.4. The van der Waals surface area contributed by atoms with Crippen LogP contribution in [0.3, 0.4) is 0 Å². The summed E-state index contributed by atoms with van der Waals surface area (Å²) in [5, 5.41) is 4.61. The van der Waals surface area contributed by atoms with Crippen molar-refractivity contribution < 1.29 is 4.79 Å². The second-order valence-corrected chi connectivity index (χ2v) is 7.83. The lowest BCUT2D eigenvalue weighted by Crippen LogP contribution is -2.08. The van der Waals surface area contributed by atoms with Gasteiger partial charge in [-0.3, -0.25) is 4.79 Å². The molecule has 0 aliphatic carbocycles. The Hall–Kier alpha value is -2.90. The molecule has 0 aliphatic rings. The van der Waals surface area contributed by atoms with Crippen molar-refractivity contribution in [1.82, 2.24) is 14.5 Å². The average molecular weight is 393 g/mol. The number of aromatic nitrogens is 3. The molecule has 2 aromatic carbocycles. The number of aryl methyl sites for hydroxylation is 1. The zero-order valence-electron chi connectivity index (χ0n) is 14.5. The van der Waals surface area contributed by atoms with Gasteiger partial charge in [0.2, 0.25) is 5.91 Å². The third kappa shape index (κ3) is 4.10. The summed E-state index contributed by atoms with van der Waals surface area (Å²) in [6, 6.07) is 15.6. The van der Waals surface area contributed by atoms with E-state index in [0.717, 1.165) is 31.0 Å². The van der Waals surface area contributed by atoms with Crippen LogP contribution >= 0.6 is 23.1 Å². The van der Waals surface area contributed by atoms with Crippen LogP contribution in [0, 0.1) is 0 Å². The first-order valence-corrected chi connectivity index (χ1v) is 9.91. The van der Waals surface area contributed by atoms with Crippen LogP contribution in [0.5, 0.6) is 0 Å². The zero-order chi connectivity index (χ0) is 18.6. The van der Waals surface area contributed by atoms with Gasteiger partial charge < -0.3 is 9.88 Å². The molecule has 27 heavy (non-hydrogen) atoms. The van der Waals surface area contributed by atoms with Gasteiger partial charge in [0.1, 0.15) is 5.01 Å². The number of carbonyl (C=O) groups excluding carboxylic acids is 1. The number of nitrogens with zero attached hydrogens (tertiary/aromatic N) is 3. The van der Waals surface area contributed by atoms with E-state index in [-0.39, 0.29) is 5.91 Å². The third-order valence-electron chi connectivity index (χ3n) is 3.81. The first-order chi connectivity index (χ1) is 13.2. The number of imidazole rings is 1. The van der Waals surface area contributed by atoms with Crippen LogP contribution in [-0.4, -0.2) is 20.4 Å². The van der Waals surface area contributed by atoms with Gasteiger partial charge in [0.05, 0.1) is 15.9 Å². The minimum Gasteiger partial charge on any atom is -0.329 e. The van der Waals surface area contributed by atoms with Crippen molar-refractivity contribution in [2.24, 2.45) is 7.05 Å². The summed E-state index contributed by atoms with van der Waals surface area (Å²) in [5.41, 5.74) is 1.70. The number of hydrogen-bond donors (Lipinski definition) is 1. The molecule has 4 aromatic rings. The number of rotatable bonds is 5. The van der Waals surface area contributed by atoms with E-state index in [2.05, 4.69) is 15.3 Å². The smallest absolute Gasteiger partial charge is 0.248 e. The number of hydrogen-bond acceptors (Lipinski definition) is 5. The maximum atomic E-state index is 12.4. The van der Waals surface area contributed by atoms with Crippen molar-refractivity contribution in [3.8, 4) is 0 Å². The molecule has 1 amide bonds. The van der Waals surface area contributed by atoms with E-state index < -0.39 is 0 Å². The fraction of sp³-hybridized carbons (Fsp3) is 0.0500. The highest BCUT2D eigenvalue weighted by Gasteiger charge is 2.09. The molecule has 0 unspecified atom stereocenters. The fourth-order valence-corrected chi connectivity index (χ4v) is 4.25. The molecule has 0 fully saturated rings. The number of benzene rings is 2. The van der Waals surface area contributed by atoms with Crippen molar-refractivity contribution in [1.29, 1.82) is 0 Å². The van der Waals surface area contributed by atoms with E-state index in [9.17, 15) is 4.79 Å². The lowest BCUT2D eigenvalue weighted by atomic mass is 10.3. The summed E-state index contributed by atoms with van der Waals surface area (Å²) in [7, 11) is 1.94. The molecule has 0 radical (unpaired) electrons. The summed E-state index contributed by atoms with van der Waals surface area (Å²) >= 11 is 3.07. The van der Waals surface area contributed by atoms with Gasteiger partial charge in [-0.2, -0.15) is 0 Å². The van der Waals surface area contributed by atoms with E-state index in [1.165, 1.54) is 17.8 Å². The first kappa shape index (κ1) is 17.5. The number of para-hydroxylation sites is 2. The zero-order valence-corrected chi connectivity index (χ0v) is 16.1. The Labute approximate surface area is 164 Å². The van der Waals surface area contributed by atoms with Crippen LogP contribution in [-0.2, 0) is 11.8 Å². The number of fused-ring (bicyclic) bond motifs is 1. The summed E-state index contributed by atoms with van der Waals surface area (Å²) in [6.45, 7) is 0. The number of anilines is 1. The molecule has 4 rings (SSSR count). The average Bonchev–Trinajstić information content (AvgIpc) is 3.27. The van der Waals surface area contributed by atoms with Gasteiger partial charge in [0.15, 0.2) is 5.16 Å². The maximum Gasteiger partial charge on any atom is 0.248 e. The Morgan fingerprint density at radius 1 is 1.19 bits per heavy atom. The number of amides is 1. The van der Waals surface area contributed by atoms with Crippen LogP contribution in [0.1, 0.15) is 5.01 Å². The Morgan fingerprint density at radius 3 is 2.81 bits per heavy atom. The van der Waals surface area contributed by atoms with Crippen molar-refractivity contribution in [2.75, 3.05) is 5.32 Å². The molecule has 0 saturated carbocycles. The van der Waals surface area contributed by atoms with Crippen molar-refractivity contribution in [2.45, 2.75) is 10.1 Å². The summed E-state index contributed by atoms with van der Waals surface area (Å²) in [4.78, 5) is 22.1. The van der Waals surface area contributed by atoms with E-state index in [1.54, 1.807) is 23.6 Å². The Morgan fingerprint density at radius 2 is 2.00 bits per heavy atom. The molecule has 7 heteroatoms. The molecule has 0 atom stereocenters. The standard InChI is InChI=1S/C20H16N4OS2/c1-24-13-12-21-20(24)27-17-9-5-2-6-14(17)22-18(25)10-11-19-23-15-7-3-4-8-16(15)26-19/h2-13H,1H3,(H,22,25)/b11-10+. The molecular formula is C20H16N4OS2. The number of thiazole rings is 1. The Balaban J connectivity index is 1.48. The molecule has 2 heterocycles. The summed E-state index contributed by atoms with van der Waals surface area (Å²) in [5.74, 6) is -0.192. The van der Waals surface area contributed by atoms with Gasteiger partial charge in [-0.15, -0.1) is 11.3 Å². The highest BCUT2D eigenvalue weighted by atomic mass is 32.2. The molecule has 2 aromatic heterocycles. The van der Waals surface area contributed by atoms with Gasteiger partial charge in [-0.1, -0.05) is 24.3 Å². The SMILES string of the molecule is Cn1ccnc1Sc1ccccc1NC(=O)/C=C/c1nc2ccccc2s1. The van der Waals surface area contributed by atoms with Crippen LogP contribution < -0.4 is 5.32 Å². The molecular weight excluding hydrogens is 376 g/mol. The largest absolute Gasteiger partial charge is 0.329 e.